The van der Waals surface area contributed by atoms with Crippen LogP contribution < -0.4 is 9.64 Å². The predicted molar refractivity (Wildman–Crippen MR) is 131 cm³/mol. The summed E-state index contributed by atoms with van der Waals surface area (Å²) in [6.45, 7) is 6.42. The van der Waals surface area contributed by atoms with Gasteiger partial charge in [0.15, 0.2) is 5.83 Å². The molecule has 0 bridgehead atoms. The van der Waals surface area contributed by atoms with Crippen molar-refractivity contribution < 1.29 is 23.0 Å². The third-order valence-corrected chi connectivity index (χ3v) is 7.83. The number of benzene rings is 1. The van der Waals surface area contributed by atoms with E-state index in [9.17, 15) is 18.8 Å². The summed E-state index contributed by atoms with van der Waals surface area (Å²) in [6, 6.07) is 7.01. The third-order valence-electron chi connectivity index (χ3n) is 7.83. The molecular weight excluding hydrogens is 480 g/mol. The standard InChI is InChI=1S/C27H29F2N5O3/c1-16(28)25(35)34-12-11-33(14-18(34)8-10-30)24-19-7-9-27(13-22(19)31-26(32-24)36-3)15-37-17(2)23-20(27)5-4-6-21(23)29/h4-6,17-18H,1,7-9,11-15H2,2-3H3. The molecule has 1 spiro atoms. The van der Waals surface area contributed by atoms with Crippen LogP contribution in [0.2, 0.25) is 0 Å². The van der Waals surface area contributed by atoms with Crippen molar-refractivity contribution in [2.45, 2.75) is 50.2 Å². The fraction of sp³-hybridized carbons (Fsp3) is 0.481. The van der Waals surface area contributed by atoms with Crippen LogP contribution in [-0.2, 0) is 27.8 Å². The zero-order valence-corrected chi connectivity index (χ0v) is 21.0. The van der Waals surface area contributed by atoms with Crippen LogP contribution in [0.15, 0.2) is 30.6 Å². The Kier molecular flexibility index (Phi) is 6.58. The van der Waals surface area contributed by atoms with Crippen LogP contribution in [0.4, 0.5) is 14.6 Å². The van der Waals surface area contributed by atoms with Crippen LogP contribution in [0.5, 0.6) is 6.01 Å². The summed E-state index contributed by atoms with van der Waals surface area (Å²) in [5.74, 6) is -1.40. The van der Waals surface area contributed by atoms with Crippen molar-refractivity contribution in [1.82, 2.24) is 14.9 Å². The number of halogens is 2. The largest absolute Gasteiger partial charge is 0.467 e. The second-order valence-corrected chi connectivity index (χ2v) is 9.94. The van der Waals surface area contributed by atoms with Gasteiger partial charge < -0.3 is 19.3 Å². The number of rotatable bonds is 4. The highest BCUT2D eigenvalue weighted by molar-refractivity contribution is 5.91. The molecule has 1 fully saturated rings. The van der Waals surface area contributed by atoms with E-state index in [0.29, 0.717) is 43.9 Å². The van der Waals surface area contributed by atoms with Gasteiger partial charge in [-0.2, -0.15) is 15.2 Å². The van der Waals surface area contributed by atoms with E-state index in [1.54, 1.807) is 6.07 Å². The molecule has 3 aliphatic rings. The van der Waals surface area contributed by atoms with Gasteiger partial charge >= 0.3 is 6.01 Å². The molecule has 5 rings (SSSR count). The molecule has 3 atom stereocenters. The second-order valence-electron chi connectivity index (χ2n) is 9.94. The Balaban J connectivity index is 1.50. The number of ether oxygens (including phenoxy) is 2. The lowest BCUT2D eigenvalue weighted by atomic mass is 9.66. The number of aromatic nitrogens is 2. The Bertz CT molecular complexity index is 1300. The topological polar surface area (TPSA) is 91.6 Å². The highest BCUT2D eigenvalue weighted by Gasteiger charge is 2.45. The van der Waals surface area contributed by atoms with Crippen molar-refractivity contribution in [1.29, 1.82) is 5.26 Å². The summed E-state index contributed by atoms with van der Waals surface area (Å²) in [6.07, 6.45) is 1.65. The number of nitriles is 1. The van der Waals surface area contributed by atoms with Gasteiger partial charge in [0.1, 0.15) is 11.6 Å². The van der Waals surface area contributed by atoms with E-state index in [1.807, 2.05) is 17.9 Å². The average Bonchev–Trinajstić information content (AvgIpc) is 2.90. The summed E-state index contributed by atoms with van der Waals surface area (Å²) in [4.78, 5) is 25.0. The summed E-state index contributed by atoms with van der Waals surface area (Å²) < 4.78 is 39.9. The van der Waals surface area contributed by atoms with Crippen molar-refractivity contribution in [2.24, 2.45) is 0 Å². The molecule has 0 N–H and O–H groups in total. The highest BCUT2D eigenvalue weighted by Crippen LogP contribution is 2.47. The van der Waals surface area contributed by atoms with Crippen LogP contribution in [0, 0.1) is 17.1 Å². The molecule has 2 aromatic rings. The molecular formula is C27H29F2N5O3. The molecule has 1 aromatic carbocycles. The van der Waals surface area contributed by atoms with Crippen LogP contribution >= 0.6 is 0 Å². The van der Waals surface area contributed by atoms with E-state index in [0.717, 1.165) is 23.2 Å². The number of hydrogen-bond donors (Lipinski definition) is 0. The van der Waals surface area contributed by atoms with Crippen molar-refractivity contribution in [3.05, 3.63) is 58.8 Å². The Labute approximate surface area is 214 Å². The molecule has 1 saturated heterocycles. The number of nitrogens with zero attached hydrogens (tertiary/aromatic N) is 5. The number of carbonyl (C=O) groups excluding carboxylic acids is 1. The molecule has 3 heterocycles. The van der Waals surface area contributed by atoms with E-state index in [1.165, 1.54) is 18.1 Å². The van der Waals surface area contributed by atoms with Crippen molar-refractivity contribution in [3.63, 3.8) is 0 Å². The number of fused-ring (bicyclic) bond motifs is 3. The Hall–Kier alpha value is -3.58. The first-order chi connectivity index (χ1) is 17.8. The number of carbonyl (C=O) groups is 1. The average molecular weight is 510 g/mol. The molecule has 10 heteroatoms. The first kappa shape index (κ1) is 25.1. The minimum absolute atomic E-state index is 0.0565. The zero-order valence-electron chi connectivity index (χ0n) is 21.0. The van der Waals surface area contributed by atoms with E-state index >= 15 is 0 Å². The quantitative estimate of drug-likeness (QED) is 0.582. The first-order valence-corrected chi connectivity index (χ1v) is 12.4. The lowest BCUT2D eigenvalue weighted by Gasteiger charge is -2.45. The van der Waals surface area contributed by atoms with Crippen LogP contribution in [-0.4, -0.2) is 60.2 Å². The van der Waals surface area contributed by atoms with Gasteiger partial charge in [-0.25, -0.2) is 8.78 Å². The van der Waals surface area contributed by atoms with E-state index < -0.39 is 23.2 Å². The van der Waals surface area contributed by atoms with Gasteiger partial charge in [-0.1, -0.05) is 18.7 Å². The minimum atomic E-state index is -1.04. The normalized spacial score (nSPS) is 24.7. The number of hydrogen-bond acceptors (Lipinski definition) is 7. The number of amides is 1. The van der Waals surface area contributed by atoms with Gasteiger partial charge in [0.2, 0.25) is 0 Å². The Morgan fingerprint density at radius 3 is 2.92 bits per heavy atom. The fourth-order valence-corrected chi connectivity index (χ4v) is 5.99. The molecule has 0 saturated carbocycles. The van der Waals surface area contributed by atoms with Crippen LogP contribution in [0.3, 0.4) is 0 Å². The highest BCUT2D eigenvalue weighted by atomic mass is 19.1. The summed E-state index contributed by atoms with van der Waals surface area (Å²) in [5, 5.41) is 9.34. The molecule has 0 radical (unpaired) electrons. The van der Waals surface area contributed by atoms with Gasteiger partial charge in [0.25, 0.3) is 5.91 Å². The van der Waals surface area contributed by atoms with Gasteiger partial charge in [-0.3, -0.25) is 4.79 Å². The van der Waals surface area contributed by atoms with E-state index in [2.05, 4.69) is 22.6 Å². The second kappa shape index (κ2) is 9.71. The summed E-state index contributed by atoms with van der Waals surface area (Å²) in [5.41, 5.74) is 2.93. The van der Waals surface area contributed by atoms with Gasteiger partial charge in [0, 0.05) is 42.6 Å². The Morgan fingerprint density at radius 2 is 2.19 bits per heavy atom. The van der Waals surface area contributed by atoms with E-state index in [-0.39, 0.29) is 30.9 Å². The molecule has 8 nitrogen and oxygen atoms in total. The van der Waals surface area contributed by atoms with E-state index in [4.69, 9.17) is 9.47 Å². The molecule has 194 valence electrons. The first-order valence-electron chi connectivity index (χ1n) is 12.4. The predicted octanol–water partition coefficient (Wildman–Crippen LogP) is 3.56. The monoisotopic (exact) mass is 509 g/mol. The SMILES string of the molecule is C=C(F)C(=O)N1CCN(c2nc(OC)nc3c2CCC2(COC(C)c4c(F)cccc42)C3)CC1CC#N. The third kappa shape index (κ3) is 4.31. The molecule has 3 unspecified atom stereocenters. The lowest BCUT2D eigenvalue weighted by Crippen LogP contribution is -2.55. The van der Waals surface area contributed by atoms with Crippen molar-refractivity contribution in [3.8, 4) is 12.1 Å². The molecule has 1 aliphatic carbocycles. The van der Waals surface area contributed by atoms with Gasteiger partial charge in [-0.05, 0) is 31.4 Å². The van der Waals surface area contributed by atoms with Crippen molar-refractivity contribution in [2.75, 3.05) is 38.3 Å². The number of anilines is 1. The molecule has 1 amide bonds. The lowest BCUT2D eigenvalue weighted by molar-refractivity contribution is -0.131. The van der Waals surface area contributed by atoms with Gasteiger partial charge in [-0.15, -0.1) is 0 Å². The minimum Gasteiger partial charge on any atom is -0.467 e. The van der Waals surface area contributed by atoms with Gasteiger partial charge in [0.05, 0.1) is 44.0 Å². The zero-order chi connectivity index (χ0) is 26.3. The van der Waals surface area contributed by atoms with Crippen LogP contribution in [0.25, 0.3) is 0 Å². The maximum absolute atomic E-state index is 14.8. The summed E-state index contributed by atoms with van der Waals surface area (Å²) >= 11 is 0. The Morgan fingerprint density at radius 1 is 1.38 bits per heavy atom. The molecule has 37 heavy (non-hydrogen) atoms. The van der Waals surface area contributed by atoms with Crippen LogP contribution in [0.1, 0.15) is 48.3 Å². The number of piperazine rings is 1. The maximum Gasteiger partial charge on any atom is 0.318 e. The fourth-order valence-electron chi connectivity index (χ4n) is 5.99. The smallest absolute Gasteiger partial charge is 0.318 e. The molecule has 1 aromatic heterocycles. The number of methoxy groups -OCH3 is 1. The summed E-state index contributed by atoms with van der Waals surface area (Å²) in [7, 11) is 1.50. The molecule has 2 aliphatic heterocycles. The van der Waals surface area contributed by atoms with Crippen molar-refractivity contribution >= 4 is 11.7 Å². The maximum atomic E-state index is 14.8.